The van der Waals surface area contributed by atoms with Crippen LogP contribution in [-0.4, -0.2) is 17.1 Å². The first-order chi connectivity index (χ1) is 8.61. The zero-order chi connectivity index (χ0) is 13.1. The minimum absolute atomic E-state index is 0.485. The minimum Gasteiger partial charge on any atom is -0.497 e. The number of nitrogens with one attached hydrogen (secondary N) is 1. The smallest absolute Gasteiger partial charge is 0.138 e. The molecular formula is C13H16N4O. The molecule has 0 bridgehead atoms. The van der Waals surface area contributed by atoms with Crippen molar-refractivity contribution in [1.82, 2.24) is 9.97 Å². The van der Waals surface area contributed by atoms with E-state index in [9.17, 15) is 0 Å². The summed E-state index contributed by atoms with van der Waals surface area (Å²) < 4.78 is 5.17. The van der Waals surface area contributed by atoms with Gasteiger partial charge in [-0.15, -0.1) is 0 Å². The van der Waals surface area contributed by atoms with Crippen LogP contribution in [0.2, 0.25) is 0 Å². The van der Waals surface area contributed by atoms with E-state index in [1.807, 2.05) is 32.0 Å². The van der Waals surface area contributed by atoms with E-state index < -0.39 is 0 Å². The second kappa shape index (κ2) is 4.91. The number of rotatable bonds is 3. The van der Waals surface area contributed by atoms with Crippen molar-refractivity contribution in [3.05, 3.63) is 35.7 Å². The zero-order valence-corrected chi connectivity index (χ0v) is 10.7. The van der Waals surface area contributed by atoms with Crippen LogP contribution in [0.4, 0.5) is 17.3 Å². The maximum atomic E-state index is 5.75. The minimum atomic E-state index is 0.485. The van der Waals surface area contributed by atoms with E-state index in [1.165, 1.54) is 6.33 Å². The van der Waals surface area contributed by atoms with Gasteiger partial charge in [-0.25, -0.2) is 9.97 Å². The van der Waals surface area contributed by atoms with Crippen molar-refractivity contribution in [2.24, 2.45) is 0 Å². The van der Waals surface area contributed by atoms with Crippen LogP contribution in [0.5, 0.6) is 5.75 Å². The van der Waals surface area contributed by atoms with Crippen molar-refractivity contribution < 1.29 is 4.74 Å². The van der Waals surface area contributed by atoms with Gasteiger partial charge in [0.05, 0.1) is 7.11 Å². The number of anilines is 3. The predicted octanol–water partition coefficient (Wildman–Crippen LogP) is 2.43. The van der Waals surface area contributed by atoms with Crippen LogP contribution < -0.4 is 15.8 Å². The molecule has 1 aromatic heterocycles. The molecular weight excluding hydrogens is 228 g/mol. The number of hydrogen-bond donors (Lipinski definition) is 2. The number of nitrogen functional groups attached to an aromatic ring is 1. The molecule has 0 saturated heterocycles. The molecule has 2 aromatic rings. The molecule has 0 atom stereocenters. The van der Waals surface area contributed by atoms with Crippen LogP contribution in [-0.2, 0) is 0 Å². The van der Waals surface area contributed by atoms with E-state index >= 15 is 0 Å². The Kier molecular flexibility index (Phi) is 3.32. The van der Waals surface area contributed by atoms with Crippen LogP contribution in [0.3, 0.4) is 0 Å². The average Bonchev–Trinajstić information content (AvgIpc) is 2.37. The highest BCUT2D eigenvalue weighted by atomic mass is 16.5. The molecule has 5 nitrogen and oxygen atoms in total. The van der Waals surface area contributed by atoms with Crippen molar-refractivity contribution in [1.29, 1.82) is 0 Å². The summed E-state index contributed by atoms with van der Waals surface area (Å²) in [6.07, 6.45) is 1.45. The first-order valence-corrected chi connectivity index (χ1v) is 5.60. The lowest BCUT2D eigenvalue weighted by Gasteiger charge is -2.12. The fourth-order valence-corrected chi connectivity index (χ4v) is 1.62. The van der Waals surface area contributed by atoms with Crippen LogP contribution in [0.25, 0.3) is 0 Å². The van der Waals surface area contributed by atoms with Gasteiger partial charge in [0.2, 0.25) is 0 Å². The molecule has 0 aliphatic rings. The molecule has 0 fully saturated rings. The van der Waals surface area contributed by atoms with Gasteiger partial charge in [-0.1, -0.05) is 0 Å². The van der Waals surface area contributed by atoms with Crippen LogP contribution in [0, 0.1) is 13.8 Å². The van der Waals surface area contributed by atoms with Crippen LogP contribution >= 0.6 is 0 Å². The molecule has 0 aliphatic carbocycles. The van der Waals surface area contributed by atoms with E-state index in [-0.39, 0.29) is 0 Å². The quantitative estimate of drug-likeness (QED) is 0.867. The molecule has 2 rings (SSSR count). The van der Waals surface area contributed by atoms with E-state index in [1.54, 1.807) is 7.11 Å². The van der Waals surface area contributed by atoms with Gasteiger partial charge in [0.15, 0.2) is 0 Å². The summed E-state index contributed by atoms with van der Waals surface area (Å²) in [4.78, 5) is 8.12. The van der Waals surface area contributed by atoms with Crippen molar-refractivity contribution in [2.45, 2.75) is 13.8 Å². The van der Waals surface area contributed by atoms with Crippen molar-refractivity contribution in [3.8, 4) is 5.75 Å². The molecule has 1 heterocycles. The van der Waals surface area contributed by atoms with E-state index in [4.69, 9.17) is 10.5 Å². The number of nitrogens with two attached hydrogens (primary N) is 1. The SMILES string of the molecule is COc1ccc(Nc2ncnc(N)c2C)c(C)c1. The van der Waals surface area contributed by atoms with Gasteiger partial charge < -0.3 is 15.8 Å². The number of nitrogens with zero attached hydrogens (tertiary/aromatic N) is 2. The monoisotopic (exact) mass is 244 g/mol. The van der Waals surface area contributed by atoms with Crippen LogP contribution in [0.15, 0.2) is 24.5 Å². The second-order valence-electron chi connectivity index (χ2n) is 4.04. The molecule has 0 amide bonds. The average molecular weight is 244 g/mol. The summed E-state index contributed by atoms with van der Waals surface area (Å²) in [5, 5.41) is 3.25. The highest BCUT2D eigenvalue weighted by Gasteiger charge is 2.06. The molecule has 94 valence electrons. The third kappa shape index (κ3) is 2.34. The Balaban J connectivity index is 2.31. The summed E-state index contributed by atoms with van der Waals surface area (Å²) in [6.45, 7) is 3.89. The molecule has 5 heteroatoms. The van der Waals surface area contributed by atoms with Gasteiger partial charge in [0.25, 0.3) is 0 Å². The number of aromatic nitrogens is 2. The lowest BCUT2D eigenvalue weighted by molar-refractivity contribution is 0.414. The summed E-state index contributed by atoms with van der Waals surface area (Å²) in [7, 11) is 1.65. The molecule has 0 unspecified atom stereocenters. The Bertz CT molecular complexity index is 569. The summed E-state index contributed by atoms with van der Waals surface area (Å²) in [5.41, 5.74) is 8.63. The zero-order valence-electron chi connectivity index (χ0n) is 10.7. The Morgan fingerprint density at radius 1 is 1.22 bits per heavy atom. The molecule has 3 N–H and O–H groups in total. The predicted molar refractivity (Wildman–Crippen MR) is 72.2 cm³/mol. The maximum absolute atomic E-state index is 5.75. The molecule has 1 aromatic carbocycles. The van der Waals surface area contributed by atoms with Gasteiger partial charge in [-0.3, -0.25) is 0 Å². The van der Waals surface area contributed by atoms with Crippen molar-refractivity contribution in [3.63, 3.8) is 0 Å². The largest absolute Gasteiger partial charge is 0.497 e. The number of benzene rings is 1. The lowest BCUT2D eigenvalue weighted by atomic mass is 10.2. The topological polar surface area (TPSA) is 73.1 Å². The van der Waals surface area contributed by atoms with Crippen LogP contribution in [0.1, 0.15) is 11.1 Å². The normalized spacial score (nSPS) is 10.2. The molecule has 0 spiro atoms. The van der Waals surface area contributed by atoms with Gasteiger partial charge in [0, 0.05) is 11.3 Å². The van der Waals surface area contributed by atoms with E-state index in [0.717, 1.165) is 28.4 Å². The van der Waals surface area contributed by atoms with Gasteiger partial charge >= 0.3 is 0 Å². The van der Waals surface area contributed by atoms with E-state index in [2.05, 4.69) is 15.3 Å². The second-order valence-corrected chi connectivity index (χ2v) is 4.04. The maximum Gasteiger partial charge on any atom is 0.138 e. The Morgan fingerprint density at radius 3 is 2.67 bits per heavy atom. The lowest BCUT2D eigenvalue weighted by Crippen LogP contribution is -2.03. The fraction of sp³-hybridized carbons (Fsp3) is 0.231. The molecule has 18 heavy (non-hydrogen) atoms. The third-order valence-corrected chi connectivity index (χ3v) is 2.81. The van der Waals surface area contributed by atoms with Crippen molar-refractivity contribution >= 4 is 17.3 Å². The highest BCUT2D eigenvalue weighted by Crippen LogP contribution is 2.25. The summed E-state index contributed by atoms with van der Waals surface area (Å²) in [5.74, 6) is 2.03. The van der Waals surface area contributed by atoms with E-state index in [0.29, 0.717) is 5.82 Å². The fourth-order valence-electron chi connectivity index (χ4n) is 1.62. The van der Waals surface area contributed by atoms with Gasteiger partial charge in [-0.05, 0) is 37.6 Å². The summed E-state index contributed by atoms with van der Waals surface area (Å²) >= 11 is 0. The number of methoxy groups -OCH3 is 1. The molecule has 0 radical (unpaired) electrons. The first-order valence-electron chi connectivity index (χ1n) is 5.60. The first kappa shape index (κ1) is 12.2. The highest BCUT2D eigenvalue weighted by molar-refractivity contribution is 5.66. The molecule has 0 saturated carbocycles. The van der Waals surface area contributed by atoms with Crippen molar-refractivity contribution in [2.75, 3.05) is 18.2 Å². The number of ether oxygens (including phenoxy) is 1. The Labute approximate surface area is 106 Å². The van der Waals surface area contributed by atoms with Gasteiger partial charge in [-0.2, -0.15) is 0 Å². The number of aryl methyl sites for hydroxylation is 1. The Morgan fingerprint density at radius 2 is 2.00 bits per heavy atom. The summed E-state index contributed by atoms with van der Waals surface area (Å²) in [6, 6.07) is 5.81. The molecule has 0 aliphatic heterocycles. The standard InChI is InChI=1S/C13H16N4O/c1-8-6-10(18-3)4-5-11(8)17-13-9(2)12(14)15-7-16-13/h4-7H,1-3H3,(H3,14,15,16,17). The van der Waals surface area contributed by atoms with Gasteiger partial charge in [0.1, 0.15) is 23.7 Å². The number of hydrogen-bond acceptors (Lipinski definition) is 5. The third-order valence-electron chi connectivity index (χ3n) is 2.81. The Hall–Kier alpha value is -2.30.